The van der Waals surface area contributed by atoms with Crippen LogP contribution in [0.25, 0.3) is 0 Å². The minimum Gasteiger partial charge on any atom is -0.494 e. The molecule has 0 aliphatic carbocycles. The van der Waals surface area contributed by atoms with Gasteiger partial charge in [0.15, 0.2) is 0 Å². The standard InChI is InChI=1S/C15H24N2O2/c1-5-19-14-9-7-6-8-13(14)10-17(4)15(18)11(2)12(3)16/h6-9,11-12H,5,10,16H2,1-4H3. The molecule has 4 nitrogen and oxygen atoms in total. The zero-order valence-corrected chi connectivity index (χ0v) is 12.2. The Kier molecular flexibility index (Phi) is 5.83. The van der Waals surface area contributed by atoms with Gasteiger partial charge in [0.2, 0.25) is 5.91 Å². The molecule has 4 heteroatoms. The zero-order valence-electron chi connectivity index (χ0n) is 12.2. The lowest BCUT2D eigenvalue weighted by Crippen LogP contribution is -2.39. The summed E-state index contributed by atoms with van der Waals surface area (Å²) < 4.78 is 5.56. The van der Waals surface area contributed by atoms with Gasteiger partial charge in [-0.3, -0.25) is 4.79 Å². The number of para-hydroxylation sites is 1. The minimum atomic E-state index is -0.177. The Hall–Kier alpha value is -1.55. The molecular weight excluding hydrogens is 240 g/mol. The Morgan fingerprint density at radius 3 is 2.58 bits per heavy atom. The molecule has 0 aliphatic rings. The smallest absolute Gasteiger partial charge is 0.226 e. The number of benzene rings is 1. The van der Waals surface area contributed by atoms with E-state index in [0.717, 1.165) is 11.3 Å². The van der Waals surface area contributed by atoms with Gasteiger partial charge in [-0.25, -0.2) is 0 Å². The molecule has 0 heterocycles. The highest BCUT2D eigenvalue weighted by molar-refractivity contribution is 5.78. The average molecular weight is 264 g/mol. The first-order chi connectivity index (χ1) is 8.97. The fourth-order valence-electron chi connectivity index (χ4n) is 1.84. The lowest BCUT2D eigenvalue weighted by molar-refractivity contribution is -0.134. The van der Waals surface area contributed by atoms with E-state index in [1.54, 1.807) is 11.9 Å². The van der Waals surface area contributed by atoms with Crippen molar-refractivity contribution in [3.8, 4) is 5.75 Å². The number of hydrogen-bond donors (Lipinski definition) is 1. The van der Waals surface area contributed by atoms with Gasteiger partial charge >= 0.3 is 0 Å². The quantitative estimate of drug-likeness (QED) is 0.855. The van der Waals surface area contributed by atoms with E-state index in [9.17, 15) is 4.79 Å². The van der Waals surface area contributed by atoms with E-state index < -0.39 is 0 Å². The Morgan fingerprint density at radius 1 is 1.37 bits per heavy atom. The van der Waals surface area contributed by atoms with Gasteiger partial charge in [0.05, 0.1) is 12.5 Å². The van der Waals surface area contributed by atoms with Gasteiger partial charge in [0.1, 0.15) is 5.75 Å². The summed E-state index contributed by atoms with van der Waals surface area (Å²) >= 11 is 0. The van der Waals surface area contributed by atoms with Gasteiger partial charge in [-0.2, -0.15) is 0 Å². The SMILES string of the molecule is CCOc1ccccc1CN(C)C(=O)C(C)C(C)N. The van der Waals surface area contributed by atoms with Gasteiger partial charge in [-0.05, 0) is 19.9 Å². The molecule has 106 valence electrons. The molecule has 0 aliphatic heterocycles. The third-order valence-electron chi connectivity index (χ3n) is 3.23. The summed E-state index contributed by atoms with van der Waals surface area (Å²) in [6.45, 7) is 6.81. The van der Waals surface area contributed by atoms with Crippen molar-refractivity contribution in [2.24, 2.45) is 11.7 Å². The highest BCUT2D eigenvalue weighted by Gasteiger charge is 2.21. The third-order valence-corrected chi connectivity index (χ3v) is 3.23. The van der Waals surface area contributed by atoms with Crippen LogP contribution in [0.1, 0.15) is 26.3 Å². The maximum Gasteiger partial charge on any atom is 0.226 e. The van der Waals surface area contributed by atoms with Gasteiger partial charge in [-0.15, -0.1) is 0 Å². The van der Waals surface area contributed by atoms with E-state index in [1.807, 2.05) is 45.0 Å². The van der Waals surface area contributed by atoms with Crippen LogP contribution in [0, 0.1) is 5.92 Å². The molecule has 19 heavy (non-hydrogen) atoms. The monoisotopic (exact) mass is 264 g/mol. The minimum absolute atomic E-state index is 0.0568. The number of hydrogen-bond acceptors (Lipinski definition) is 3. The summed E-state index contributed by atoms with van der Waals surface area (Å²) in [6.07, 6.45) is 0. The van der Waals surface area contributed by atoms with Crippen molar-refractivity contribution in [3.05, 3.63) is 29.8 Å². The molecule has 0 spiro atoms. The molecule has 2 atom stereocenters. The first-order valence-corrected chi connectivity index (χ1v) is 6.68. The van der Waals surface area contributed by atoms with E-state index in [-0.39, 0.29) is 17.9 Å². The van der Waals surface area contributed by atoms with Crippen molar-refractivity contribution in [2.75, 3.05) is 13.7 Å². The summed E-state index contributed by atoms with van der Waals surface area (Å²) in [5.74, 6) is 0.712. The fourth-order valence-corrected chi connectivity index (χ4v) is 1.84. The number of ether oxygens (including phenoxy) is 1. The number of nitrogens with two attached hydrogens (primary N) is 1. The maximum absolute atomic E-state index is 12.2. The van der Waals surface area contributed by atoms with Crippen LogP contribution in [0.3, 0.4) is 0 Å². The highest BCUT2D eigenvalue weighted by atomic mass is 16.5. The molecule has 0 saturated carbocycles. The number of nitrogens with zero attached hydrogens (tertiary/aromatic N) is 1. The van der Waals surface area contributed by atoms with E-state index in [2.05, 4.69) is 0 Å². The summed E-state index contributed by atoms with van der Waals surface area (Å²) in [4.78, 5) is 13.9. The van der Waals surface area contributed by atoms with E-state index in [1.165, 1.54) is 0 Å². The fraction of sp³-hybridized carbons (Fsp3) is 0.533. The molecule has 1 rings (SSSR count). The number of carbonyl (C=O) groups is 1. The van der Waals surface area contributed by atoms with Crippen LogP contribution in [0.4, 0.5) is 0 Å². The molecule has 0 aromatic heterocycles. The normalized spacial score (nSPS) is 13.7. The molecular formula is C15H24N2O2. The Labute approximate surface area is 115 Å². The molecule has 0 bridgehead atoms. The Balaban J connectivity index is 2.76. The predicted octanol–water partition coefficient (Wildman–Crippen LogP) is 2.03. The van der Waals surface area contributed by atoms with Crippen molar-refractivity contribution in [2.45, 2.75) is 33.4 Å². The van der Waals surface area contributed by atoms with Crippen LogP contribution in [0.5, 0.6) is 5.75 Å². The van der Waals surface area contributed by atoms with Gasteiger partial charge < -0.3 is 15.4 Å². The molecule has 2 N–H and O–H groups in total. The molecule has 1 aromatic carbocycles. The van der Waals surface area contributed by atoms with Crippen LogP contribution in [0.15, 0.2) is 24.3 Å². The van der Waals surface area contributed by atoms with Crippen LogP contribution in [-0.2, 0) is 11.3 Å². The second kappa shape index (κ2) is 7.14. The van der Waals surface area contributed by atoms with E-state index in [4.69, 9.17) is 10.5 Å². The molecule has 0 radical (unpaired) electrons. The Morgan fingerprint density at radius 2 is 2.00 bits per heavy atom. The third kappa shape index (κ3) is 4.24. The van der Waals surface area contributed by atoms with Crippen LogP contribution in [0.2, 0.25) is 0 Å². The molecule has 0 fully saturated rings. The highest BCUT2D eigenvalue weighted by Crippen LogP contribution is 2.20. The van der Waals surface area contributed by atoms with Crippen LogP contribution < -0.4 is 10.5 Å². The van der Waals surface area contributed by atoms with Gasteiger partial charge in [0, 0.05) is 25.2 Å². The van der Waals surface area contributed by atoms with Crippen LogP contribution >= 0.6 is 0 Å². The second-order valence-electron chi connectivity index (χ2n) is 4.88. The lowest BCUT2D eigenvalue weighted by Gasteiger charge is -2.24. The summed E-state index contributed by atoms with van der Waals surface area (Å²) in [5.41, 5.74) is 6.78. The van der Waals surface area contributed by atoms with Crippen LogP contribution in [-0.4, -0.2) is 30.5 Å². The van der Waals surface area contributed by atoms with Gasteiger partial charge in [-0.1, -0.05) is 25.1 Å². The largest absolute Gasteiger partial charge is 0.494 e. The molecule has 0 saturated heterocycles. The topological polar surface area (TPSA) is 55.6 Å². The van der Waals surface area contributed by atoms with Crippen molar-refractivity contribution in [1.29, 1.82) is 0 Å². The maximum atomic E-state index is 12.2. The zero-order chi connectivity index (χ0) is 14.4. The van der Waals surface area contributed by atoms with Crippen molar-refractivity contribution >= 4 is 5.91 Å². The number of amides is 1. The predicted molar refractivity (Wildman–Crippen MR) is 76.9 cm³/mol. The average Bonchev–Trinajstić information content (AvgIpc) is 2.39. The first kappa shape index (κ1) is 15.5. The Bertz CT molecular complexity index is 418. The summed E-state index contributed by atoms with van der Waals surface area (Å²) in [5, 5.41) is 0. The van der Waals surface area contributed by atoms with Crippen molar-refractivity contribution in [3.63, 3.8) is 0 Å². The summed E-state index contributed by atoms with van der Waals surface area (Å²) in [6, 6.07) is 7.64. The molecule has 1 aromatic rings. The second-order valence-corrected chi connectivity index (χ2v) is 4.88. The number of carbonyl (C=O) groups excluding carboxylic acids is 1. The molecule has 2 unspecified atom stereocenters. The lowest BCUT2D eigenvalue weighted by atomic mass is 10.0. The van der Waals surface area contributed by atoms with E-state index >= 15 is 0 Å². The number of rotatable bonds is 6. The molecule has 1 amide bonds. The summed E-state index contributed by atoms with van der Waals surface area (Å²) in [7, 11) is 1.80. The van der Waals surface area contributed by atoms with E-state index in [0.29, 0.717) is 13.2 Å². The van der Waals surface area contributed by atoms with Crippen molar-refractivity contribution < 1.29 is 9.53 Å². The van der Waals surface area contributed by atoms with Crippen molar-refractivity contribution in [1.82, 2.24) is 4.90 Å². The van der Waals surface area contributed by atoms with Gasteiger partial charge in [0.25, 0.3) is 0 Å². The first-order valence-electron chi connectivity index (χ1n) is 6.68.